The predicted octanol–water partition coefficient (Wildman–Crippen LogP) is 2.53. The summed E-state index contributed by atoms with van der Waals surface area (Å²) in [6.07, 6.45) is 11.3. The number of hydrogen-bond donors (Lipinski definition) is 1. The van der Waals surface area contributed by atoms with Crippen LogP contribution in [0.25, 0.3) is 11.2 Å². The van der Waals surface area contributed by atoms with Crippen LogP contribution >= 0.6 is 0 Å². The molecule has 4 rings (SSSR count). The number of pyridine rings is 1. The lowest BCUT2D eigenvalue weighted by Gasteiger charge is -2.34. The van der Waals surface area contributed by atoms with Gasteiger partial charge in [-0.25, -0.2) is 9.97 Å². The zero-order valence-electron chi connectivity index (χ0n) is 13.9. The Morgan fingerprint density at radius 2 is 1.96 bits per heavy atom. The lowest BCUT2D eigenvalue weighted by molar-refractivity contribution is 0.0503. The maximum atomic E-state index is 12.8. The molecule has 2 fully saturated rings. The quantitative estimate of drug-likeness (QED) is 0.940. The van der Waals surface area contributed by atoms with Crippen molar-refractivity contribution in [3.8, 4) is 0 Å². The number of nitrogens with zero attached hydrogens (tertiary/aromatic N) is 4. The molecule has 1 unspecified atom stereocenters. The summed E-state index contributed by atoms with van der Waals surface area (Å²) in [5.74, 6) is -0.0430. The minimum atomic E-state index is -0.0713. The van der Waals surface area contributed by atoms with Gasteiger partial charge in [0.1, 0.15) is 5.52 Å². The molecular weight excluding hydrogens is 304 g/mol. The molecule has 1 aliphatic carbocycles. The third-order valence-electron chi connectivity index (χ3n) is 5.48. The Kier molecular flexibility index (Phi) is 4.22. The van der Waals surface area contributed by atoms with Gasteiger partial charge in [-0.15, -0.1) is 0 Å². The van der Waals surface area contributed by atoms with Crippen molar-refractivity contribution >= 4 is 17.1 Å². The summed E-state index contributed by atoms with van der Waals surface area (Å²) in [7, 11) is 0. The van der Waals surface area contributed by atoms with Crippen LogP contribution < -0.4 is 0 Å². The molecule has 2 aliphatic rings. The Balaban J connectivity index is 1.61. The number of likely N-dealkylation sites (tertiary alicyclic amines) is 1. The lowest BCUT2D eigenvalue weighted by atomic mass is 10.0. The SMILES string of the molecule is O=C(c1cnc2c(c1)ncn2C1CCCC1)N1CCCCC1CO. The molecule has 6 nitrogen and oxygen atoms in total. The number of carbonyl (C=O) groups is 1. The number of piperidine rings is 1. The van der Waals surface area contributed by atoms with Crippen molar-refractivity contribution in [3.63, 3.8) is 0 Å². The van der Waals surface area contributed by atoms with E-state index in [1.54, 1.807) is 11.1 Å². The highest BCUT2D eigenvalue weighted by Crippen LogP contribution is 2.31. The van der Waals surface area contributed by atoms with Crippen molar-refractivity contribution in [2.75, 3.05) is 13.2 Å². The Bertz CT molecular complexity index is 736. The van der Waals surface area contributed by atoms with Gasteiger partial charge in [-0.05, 0) is 38.2 Å². The summed E-state index contributed by atoms with van der Waals surface area (Å²) in [6.45, 7) is 0.732. The molecule has 0 spiro atoms. The van der Waals surface area contributed by atoms with Gasteiger partial charge in [-0.1, -0.05) is 12.8 Å². The standard InChI is InChI=1S/C18H24N4O2/c23-11-15-7-3-4-8-21(15)18(24)13-9-16-17(19-10-13)22(12-20-16)14-5-1-2-6-14/h9-10,12,14-15,23H,1-8,11H2. The largest absolute Gasteiger partial charge is 0.394 e. The van der Waals surface area contributed by atoms with E-state index in [1.807, 2.05) is 12.4 Å². The van der Waals surface area contributed by atoms with Crippen molar-refractivity contribution in [2.45, 2.75) is 57.0 Å². The minimum Gasteiger partial charge on any atom is -0.394 e. The molecule has 1 atom stereocenters. The highest BCUT2D eigenvalue weighted by Gasteiger charge is 2.27. The molecule has 1 amide bonds. The summed E-state index contributed by atoms with van der Waals surface area (Å²) >= 11 is 0. The second-order valence-corrected chi connectivity index (χ2v) is 6.99. The van der Waals surface area contributed by atoms with Gasteiger partial charge in [0, 0.05) is 18.8 Å². The number of fused-ring (bicyclic) bond motifs is 1. The Morgan fingerprint density at radius 3 is 2.75 bits per heavy atom. The van der Waals surface area contributed by atoms with Crippen molar-refractivity contribution in [1.29, 1.82) is 0 Å². The number of aliphatic hydroxyl groups excluding tert-OH is 1. The first-order valence-corrected chi connectivity index (χ1v) is 9.02. The molecule has 1 saturated carbocycles. The molecule has 1 N–H and O–H groups in total. The number of hydrogen-bond acceptors (Lipinski definition) is 4. The molecule has 6 heteroatoms. The fourth-order valence-electron chi connectivity index (χ4n) is 4.11. The zero-order valence-corrected chi connectivity index (χ0v) is 13.9. The molecule has 0 radical (unpaired) electrons. The summed E-state index contributed by atoms with van der Waals surface area (Å²) in [5.41, 5.74) is 2.22. The average molecular weight is 328 g/mol. The van der Waals surface area contributed by atoms with E-state index in [2.05, 4.69) is 14.5 Å². The molecule has 2 aromatic heterocycles. The van der Waals surface area contributed by atoms with Gasteiger partial charge in [-0.3, -0.25) is 4.79 Å². The molecule has 0 bridgehead atoms. The van der Waals surface area contributed by atoms with Crippen LogP contribution in [-0.2, 0) is 0 Å². The number of aromatic nitrogens is 3. The van der Waals surface area contributed by atoms with Crippen molar-refractivity contribution < 1.29 is 9.90 Å². The van der Waals surface area contributed by atoms with Gasteiger partial charge >= 0.3 is 0 Å². The Labute approximate surface area is 141 Å². The van der Waals surface area contributed by atoms with Crippen molar-refractivity contribution in [3.05, 3.63) is 24.2 Å². The molecule has 1 aliphatic heterocycles. The van der Waals surface area contributed by atoms with Gasteiger partial charge in [0.05, 0.1) is 24.5 Å². The molecule has 128 valence electrons. The highest BCUT2D eigenvalue weighted by molar-refractivity contribution is 5.96. The van der Waals surface area contributed by atoms with E-state index in [0.717, 1.165) is 30.4 Å². The summed E-state index contributed by atoms with van der Waals surface area (Å²) in [6, 6.07) is 2.27. The van der Waals surface area contributed by atoms with E-state index < -0.39 is 0 Å². The average Bonchev–Trinajstić information content (AvgIpc) is 3.29. The number of imidazole rings is 1. The van der Waals surface area contributed by atoms with E-state index in [0.29, 0.717) is 18.2 Å². The zero-order chi connectivity index (χ0) is 16.5. The van der Waals surface area contributed by atoms with Crippen LogP contribution in [0.15, 0.2) is 18.6 Å². The topological polar surface area (TPSA) is 71.2 Å². The Morgan fingerprint density at radius 1 is 1.17 bits per heavy atom. The molecule has 1 saturated heterocycles. The summed E-state index contributed by atoms with van der Waals surface area (Å²) in [4.78, 5) is 23.6. The third-order valence-corrected chi connectivity index (χ3v) is 5.48. The fourth-order valence-corrected chi connectivity index (χ4v) is 4.11. The summed E-state index contributed by atoms with van der Waals surface area (Å²) in [5, 5.41) is 9.53. The van der Waals surface area contributed by atoms with Crippen molar-refractivity contribution in [1.82, 2.24) is 19.4 Å². The number of aliphatic hydroxyl groups is 1. The van der Waals surface area contributed by atoms with E-state index >= 15 is 0 Å². The van der Waals surface area contributed by atoms with E-state index in [9.17, 15) is 9.90 Å². The van der Waals surface area contributed by atoms with Crippen LogP contribution in [0, 0.1) is 0 Å². The van der Waals surface area contributed by atoms with Crippen LogP contribution in [0.5, 0.6) is 0 Å². The molecule has 3 heterocycles. The maximum Gasteiger partial charge on any atom is 0.255 e. The van der Waals surface area contributed by atoms with Crippen LogP contribution in [0.4, 0.5) is 0 Å². The van der Waals surface area contributed by atoms with Gasteiger partial charge in [-0.2, -0.15) is 0 Å². The molecular formula is C18H24N4O2. The van der Waals surface area contributed by atoms with Gasteiger partial charge in [0.25, 0.3) is 5.91 Å². The summed E-state index contributed by atoms with van der Waals surface area (Å²) < 4.78 is 2.16. The molecule has 2 aromatic rings. The first-order chi connectivity index (χ1) is 11.8. The maximum absolute atomic E-state index is 12.8. The van der Waals surface area contributed by atoms with Crippen LogP contribution in [-0.4, -0.2) is 49.6 Å². The minimum absolute atomic E-state index is 0.0255. The van der Waals surface area contributed by atoms with E-state index in [4.69, 9.17) is 0 Å². The molecule has 0 aromatic carbocycles. The van der Waals surface area contributed by atoms with Crippen LogP contribution in [0.1, 0.15) is 61.3 Å². The second-order valence-electron chi connectivity index (χ2n) is 6.99. The predicted molar refractivity (Wildman–Crippen MR) is 90.8 cm³/mol. The normalized spacial score (nSPS) is 22.4. The Hall–Kier alpha value is -1.95. The van der Waals surface area contributed by atoms with Crippen LogP contribution in [0.3, 0.4) is 0 Å². The van der Waals surface area contributed by atoms with Gasteiger partial charge in [0.2, 0.25) is 0 Å². The number of amides is 1. The monoisotopic (exact) mass is 328 g/mol. The second kappa shape index (κ2) is 6.51. The smallest absolute Gasteiger partial charge is 0.255 e. The van der Waals surface area contributed by atoms with Gasteiger partial charge in [0.15, 0.2) is 5.65 Å². The number of rotatable bonds is 3. The van der Waals surface area contributed by atoms with E-state index in [-0.39, 0.29) is 18.6 Å². The van der Waals surface area contributed by atoms with Crippen LogP contribution in [0.2, 0.25) is 0 Å². The molecule has 24 heavy (non-hydrogen) atoms. The lowest BCUT2D eigenvalue weighted by Crippen LogP contribution is -2.45. The number of carbonyl (C=O) groups excluding carboxylic acids is 1. The third kappa shape index (κ3) is 2.69. The first kappa shape index (κ1) is 15.6. The first-order valence-electron chi connectivity index (χ1n) is 9.02. The highest BCUT2D eigenvalue weighted by atomic mass is 16.3. The van der Waals surface area contributed by atoms with Gasteiger partial charge < -0.3 is 14.6 Å². The van der Waals surface area contributed by atoms with Crippen molar-refractivity contribution in [2.24, 2.45) is 0 Å². The fraction of sp³-hybridized carbons (Fsp3) is 0.611. The van der Waals surface area contributed by atoms with E-state index in [1.165, 1.54) is 25.7 Å².